The molecule has 3 aromatic rings. The van der Waals surface area contributed by atoms with Gasteiger partial charge in [-0.25, -0.2) is 9.48 Å². The standard InChI is InChI=1S/C13H11N5O2S/c1-20-13(19)11-12(9-2-4-14-5-3-9)18(17-16-11)7-10-6-15-8-21-10/h2-6,8H,7H2,1H3. The smallest absolute Gasteiger partial charge is 0.360 e. The van der Waals surface area contributed by atoms with Crippen LogP contribution >= 0.6 is 11.3 Å². The Bertz CT molecular complexity index is 739. The van der Waals surface area contributed by atoms with Crippen molar-refractivity contribution in [3.8, 4) is 11.3 Å². The van der Waals surface area contributed by atoms with Crippen LogP contribution in [-0.2, 0) is 11.3 Å². The number of pyridine rings is 1. The number of esters is 1. The summed E-state index contributed by atoms with van der Waals surface area (Å²) in [6, 6.07) is 3.60. The highest BCUT2D eigenvalue weighted by molar-refractivity contribution is 7.09. The molecule has 3 rings (SSSR count). The van der Waals surface area contributed by atoms with Crippen molar-refractivity contribution in [3.63, 3.8) is 0 Å². The number of thiazole rings is 1. The summed E-state index contributed by atoms with van der Waals surface area (Å²) in [6.07, 6.45) is 5.07. The molecule has 106 valence electrons. The molecule has 0 spiro atoms. The molecule has 3 aromatic heterocycles. The van der Waals surface area contributed by atoms with Gasteiger partial charge in [-0.15, -0.1) is 16.4 Å². The summed E-state index contributed by atoms with van der Waals surface area (Å²) >= 11 is 1.52. The molecule has 3 heterocycles. The van der Waals surface area contributed by atoms with Gasteiger partial charge < -0.3 is 4.74 Å². The number of carbonyl (C=O) groups is 1. The third-order valence-electron chi connectivity index (χ3n) is 2.86. The summed E-state index contributed by atoms with van der Waals surface area (Å²) in [5, 5.41) is 8.01. The molecule has 0 bridgehead atoms. The largest absolute Gasteiger partial charge is 0.464 e. The third kappa shape index (κ3) is 2.65. The lowest BCUT2D eigenvalue weighted by Crippen LogP contribution is -2.07. The number of nitrogens with zero attached hydrogens (tertiary/aromatic N) is 5. The highest BCUT2D eigenvalue weighted by Crippen LogP contribution is 2.23. The zero-order chi connectivity index (χ0) is 14.7. The Hall–Kier alpha value is -2.61. The maximum atomic E-state index is 11.9. The van der Waals surface area contributed by atoms with Gasteiger partial charge in [-0.05, 0) is 12.1 Å². The summed E-state index contributed by atoms with van der Waals surface area (Å²) in [5.74, 6) is -0.516. The minimum Gasteiger partial charge on any atom is -0.464 e. The van der Waals surface area contributed by atoms with Gasteiger partial charge in [0.05, 0.1) is 19.2 Å². The van der Waals surface area contributed by atoms with Crippen molar-refractivity contribution in [2.75, 3.05) is 7.11 Å². The summed E-state index contributed by atoms with van der Waals surface area (Å²) in [6.45, 7) is 0.492. The minimum absolute atomic E-state index is 0.188. The SMILES string of the molecule is COC(=O)c1nnn(Cc2cncs2)c1-c1ccncc1. The zero-order valence-corrected chi connectivity index (χ0v) is 11.9. The molecule has 0 aliphatic rings. The first kappa shape index (κ1) is 13.4. The molecule has 0 aliphatic heterocycles. The number of methoxy groups -OCH3 is 1. The van der Waals surface area contributed by atoms with E-state index in [1.807, 2.05) is 0 Å². The van der Waals surface area contributed by atoms with Crippen LogP contribution in [0.4, 0.5) is 0 Å². The second-order valence-electron chi connectivity index (χ2n) is 4.14. The van der Waals surface area contributed by atoms with Crippen LogP contribution in [0.2, 0.25) is 0 Å². The molecule has 21 heavy (non-hydrogen) atoms. The Morgan fingerprint density at radius 3 is 2.81 bits per heavy atom. The lowest BCUT2D eigenvalue weighted by Gasteiger charge is -2.06. The average Bonchev–Trinajstić information content (AvgIpc) is 3.17. The molecule has 7 nitrogen and oxygen atoms in total. The van der Waals surface area contributed by atoms with Crippen molar-refractivity contribution in [2.45, 2.75) is 6.54 Å². The van der Waals surface area contributed by atoms with Gasteiger partial charge in [0.25, 0.3) is 0 Å². The van der Waals surface area contributed by atoms with Crippen molar-refractivity contribution in [2.24, 2.45) is 0 Å². The monoisotopic (exact) mass is 301 g/mol. The summed E-state index contributed by atoms with van der Waals surface area (Å²) in [7, 11) is 1.32. The van der Waals surface area contributed by atoms with Gasteiger partial charge in [0.2, 0.25) is 0 Å². The number of rotatable bonds is 4. The number of aromatic nitrogens is 5. The fraction of sp³-hybridized carbons (Fsp3) is 0.154. The average molecular weight is 301 g/mol. The molecule has 0 saturated heterocycles. The number of hydrogen-bond donors (Lipinski definition) is 0. The van der Waals surface area contributed by atoms with Gasteiger partial charge in [0.15, 0.2) is 5.69 Å². The van der Waals surface area contributed by atoms with Gasteiger partial charge in [0, 0.05) is 29.0 Å². The molecule has 0 amide bonds. The van der Waals surface area contributed by atoms with E-state index >= 15 is 0 Å². The van der Waals surface area contributed by atoms with Crippen molar-refractivity contribution in [3.05, 3.63) is 46.8 Å². The van der Waals surface area contributed by atoms with Crippen LogP contribution in [0.15, 0.2) is 36.2 Å². The van der Waals surface area contributed by atoms with E-state index in [1.54, 1.807) is 40.9 Å². The molecule has 0 aliphatic carbocycles. The first-order chi connectivity index (χ1) is 10.3. The van der Waals surface area contributed by atoms with Crippen LogP contribution < -0.4 is 0 Å². The Morgan fingerprint density at radius 1 is 1.33 bits per heavy atom. The van der Waals surface area contributed by atoms with Crippen LogP contribution in [0.25, 0.3) is 11.3 Å². The molecule has 0 saturated carbocycles. The van der Waals surface area contributed by atoms with Crippen molar-refractivity contribution in [1.82, 2.24) is 25.0 Å². The normalized spacial score (nSPS) is 10.5. The van der Waals surface area contributed by atoms with E-state index in [-0.39, 0.29) is 5.69 Å². The maximum Gasteiger partial charge on any atom is 0.360 e. The second-order valence-corrected chi connectivity index (χ2v) is 5.11. The van der Waals surface area contributed by atoms with Crippen LogP contribution in [0.3, 0.4) is 0 Å². The van der Waals surface area contributed by atoms with E-state index < -0.39 is 5.97 Å². The van der Waals surface area contributed by atoms with Crippen molar-refractivity contribution < 1.29 is 9.53 Å². The molecule has 8 heteroatoms. The van der Waals surface area contributed by atoms with Gasteiger partial charge in [-0.3, -0.25) is 9.97 Å². The molecule has 0 N–H and O–H groups in total. The highest BCUT2D eigenvalue weighted by Gasteiger charge is 2.22. The molecule has 0 aromatic carbocycles. The number of hydrogen-bond acceptors (Lipinski definition) is 7. The van der Waals surface area contributed by atoms with Gasteiger partial charge >= 0.3 is 5.97 Å². The minimum atomic E-state index is -0.516. The molecule has 0 fully saturated rings. The second kappa shape index (κ2) is 5.80. The Morgan fingerprint density at radius 2 is 2.14 bits per heavy atom. The zero-order valence-electron chi connectivity index (χ0n) is 11.1. The molecule has 0 radical (unpaired) electrons. The third-order valence-corrected chi connectivity index (χ3v) is 3.62. The van der Waals surface area contributed by atoms with Gasteiger partial charge in [-0.1, -0.05) is 5.21 Å². The first-order valence-corrected chi connectivity index (χ1v) is 6.97. The van der Waals surface area contributed by atoms with Crippen LogP contribution in [0.5, 0.6) is 0 Å². The Labute approximate surface area is 124 Å². The van der Waals surface area contributed by atoms with E-state index in [4.69, 9.17) is 4.74 Å². The van der Waals surface area contributed by atoms with Crippen LogP contribution in [-0.4, -0.2) is 38.0 Å². The van der Waals surface area contributed by atoms with Gasteiger partial charge in [0.1, 0.15) is 5.69 Å². The molecular formula is C13H11N5O2S. The molecular weight excluding hydrogens is 290 g/mol. The predicted molar refractivity (Wildman–Crippen MR) is 75.8 cm³/mol. The topological polar surface area (TPSA) is 82.8 Å². The van der Waals surface area contributed by atoms with E-state index in [9.17, 15) is 4.79 Å². The first-order valence-electron chi connectivity index (χ1n) is 6.09. The lowest BCUT2D eigenvalue weighted by atomic mass is 10.1. The molecule has 0 unspecified atom stereocenters. The van der Waals surface area contributed by atoms with Crippen LogP contribution in [0.1, 0.15) is 15.4 Å². The number of carbonyl (C=O) groups excluding carboxylic acids is 1. The fourth-order valence-electron chi connectivity index (χ4n) is 1.92. The summed E-state index contributed by atoms with van der Waals surface area (Å²) < 4.78 is 6.43. The van der Waals surface area contributed by atoms with E-state index in [0.29, 0.717) is 12.2 Å². The quantitative estimate of drug-likeness (QED) is 0.681. The van der Waals surface area contributed by atoms with Gasteiger partial charge in [-0.2, -0.15) is 0 Å². The van der Waals surface area contributed by atoms with E-state index in [2.05, 4.69) is 20.3 Å². The summed E-state index contributed by atoms with van der Waals surface area (Å²) in [5.41, 5.74) is 3.35. The highest BCUT2D eigenvalue weighted by atomic mass is 32.1. The fourth-order valence-corrected chi connectivity index (χ4v) is 2.50. The maximum absolute atomic E-state index is 11.9. The van der Waals surface area contributed by atoms with Crippen molar-refractivity contribution >= 4 is 17.3 Å². The van der Waals surface area contributed by atoms with Crippen LogP contribution in [0, 0.1) is 0 Å². The number of ether oxygens (including phenoxy) is 1. The van der Waals surface area contributed by atoms with Crippen molar-refractivity contribution in [1.29, 1.82) is 0 Å². The summed E-state index contributed by atoms with van der Waals surface area (Å²) in [4.78, 5) is 20.9. The Kier molecular flexibility index (Phi) is 3.69. The molecule has 0 atom stereocenters. The Balaban J connectivity index is 2.08. The van der Waals surface area contributed by atoms with E-state index in [1.165, 1.54) is 18.4 Å². The lowest BCUT2D eigenvalue weighted by molar-refractivity contribution is 0.0595. The predicted octanol–water partition coefficient (Wildman–Crippen LogP) is 1.63. The van der Waals surface area contributed by atoms with E-state index in [0.717, 1.165) is 10.4 Å².